The molecule has 210 valence electrons. The summed E-state index contributed by atoms with van der Waals surface area (Å²) in [6.07, 6.45) is -2.80. The number of pyridine rings is 2. The zero-order valence-corrected chi connectivity index (χ0v) is 21.8. The van der Waals surface area contributed by atoms with Gasteiger partial charge in [-0.25, -0.2) is 9.37 Å². The summed E-state index contributed by atoms with van der Waals surface area (Å²) in [7, 11) is 1.97. The number of H-pyrrole nitrogens is 1. The number of benzene rings is 1. The highest BCUT2D eigenvalue weighted by molar-refractivity contribution is 6.07. The second-order valence-electron chi connectivity index (χ2n) is 10.2. The van der Waals surface area contributed by atoms with Crippen molar-refractivity contribution >= 4 is 29.0 Å². The Morgan fingerprint density at radius 1 is 1.10 bits per heavy atom. The molecule has 13 heteroatoms. The van der Waals surface area contributed by atoms with E-state index in [1.165, 1.54) is 18.3 Å². The summed E-state index contributed by atoms with van der Waals surface area (Å²) < 4.78 is 56.6. The van der Waals surface area contributed by atoms with Gasteiger partial charge in [0, 0.05) is 60.3 Å². The molecule has 0 unspecified atom stereocenters. The highest BCUT2D eigenvalue weighted by Crippen LogP contribution is 2.38. The lowest BCUT2D eigenvalue weighted by molar-refractivity contribution is -0.138. The molecule has 5 rings (SSSR count). The third kappa shape index (κ3) is 5.16. The van der Waals surface area contributed by atoms with E-state index in [1.54, 1.807) is 6.07 Å². The molecule has 2 amide bonds. The molecule has 0 saturated carbocycles. The molecular formula is C27H26F4N6O3. The van der Waals surface area contributed by atoms with Gasteiger partial charge >= 0.3 is 6.18 Å². The number of hydrogen-bond acceptors (Lipinski definition) is 6. The van der Waals surface area contributed by atoms with Crippen molar-refractivity contribution in [3.05, 3.63) is 69.5 Å². The number of piperazine rings is 1. The van der Waals surface area contributed by atoms with Crippen LogP contribution in [0.1, 0.15) is 35.3 Å². The molecule has 2 aliphatic rings. The van der Waals surface area contributed by atoms with E-state index in [2.05, 4.69) is 25.5 Å². The number of halogens is 4. The average molecular weight is 559 g/mol. The van der Waals surface area contributed by atoms with E-state index in [4.69, 9.17) is 0 Å². The Balaban J connectivity index is 1.60. The Hall–Kier alpha value is -4.26. The van der Waals surface area contributed by atoms with Gasteiger partial charge in [0.05, 0.1) is 28.9 Å². The van der Waals surface area contributed by atoms with Crippen LogP contribution in [0.2, 0.25) is 0 Å². The van der Waals surface area contributed by atoms with Crippen LogP contribution >= 0.6 is 0 Å². The zero-order chi connectivity index (χ0) is 28.9. The maximum Gasteiger partial charge on any atom is 0.417 e. The molecule has 0 bridgehead atoms. The van der Waals surface area contributed by atoms with Crippen LogP contribution in [0.4, 0.5) is 34.8 Å². The molecule has 4 heterocycles. The summed E-state index contributed by atoms with van der Waals surface area (Å²) in [4.78, 5) is 46.9. The molecule has 9 nitrogen and oxygen atoms in total. The molecule has 2 atom stereocenters. The molecule has 3 aromatic rings. The minimum atomic E-state index is -4.96. The Morgan fingerprint density at radius 2 is 1.80 bits per heavy atom. The number of alkyl halides is 3. The van der Waals surface area contributed by atoms with E-state index in [0.717, 1.165) is 0 Å². The van der Waals surface area contributed by atoms with Crippen LogP contribution in [0.15, 0.2) is 41.5 Å². The van der Waals surface area contributed by atoms with Crippen molar-refractivity contribution in [2.24, 2.45) is 0 Å². The average Bonchev–Trinajstić information content (AvgIpc) is 3.26. The second-order valence-corrected chi connectivity index (χ2v) is 10.2. The highest BCUT2D eigenvalue weighted by Gasteiger charge is 2.36. The van der Waals surface area contributed by atoms with E-state index < -0.39 is 34.6 Å². The SMILES string of the molecule is C[C@@H]1CN(c2cc(F)c(-c3cnc4c(c3)CC(=O)N4)cc2NC(=O)c2c[nH]c(=O)cc2C(F)(F)F)C[C@H](C)N1C. The Kier molecular flexibility index (Phi) is 6.86. The number of aromatic amines is 1. The number of nitrogens with zero attached hydrogens (tertiary/aromatic N) is 3. The van der Waals surface area contributed by atoms with Crippen LogP contribution in [0, 0.1) is 5.82 Å². The first-order chi connectivity index (χ1) is 18.8. The van der Waals surface area contributed by atoms with Gasteiger partial charge in [0.1, 0.15) is 11.6 Å². The molecule has 2 aromatic heterocycles. The first kappa shape index (κ1) is 27.3. The fourth-order valence-corrected chi connectivity index (χ4v) is 5.08. The van der Waals surface area contributed by atoms with Gasteiger partial charge in [-0.15, -0.1) is 0 Å². The van der Waals surface area contributed by atoms with E-state index >= 15 is 4.39 Å². The number of hydrogen-bond donors (Lipinski definition) is 3. The molecular weight excluding hydrogens is 532 g/mol. The monoisotopic (exact) mass is 558 g/mol. The Bertz CT molecular complexity index is 1560. The normalized spacial score (nSPS) is 19.4. The minimum Gasteiger partial charge on any atom is -0.367 e. The van der Waals surface area contributed by atoms with E-state index in [0.29, 0.717) is 48.0 Å². The van der Waals surface area contributed by atoms with Gasteiger partial charge in [-0.2, -0.15) is 13.2 Å². The number of aromatic nitrogens is 2. The van der Waals surface area contributed by atoms with Crippen molar-refractivity contribution in [1.29, 1.82) is 0 Å². The van der Waals surface area contributed by atoms with E-state index in [9.17, 15) is 27.6 Å². The maximum absolute atomic E-state index is 15.6. The summed E-state index contributed by atoms with van der Waals surface area (Å²) in [5.74, 6) is -1.63. The predicted molar refractivity (Wildman–Crippen MR) is 141 cm³/mol. The van der Waals surface area contributed by atoms with Crippen molar-refractivity contribution in [3.63, 3.8) is 0 Å². The lowest BCUT2D eigenvalue weighted by Crippen LogP contribution is -2.55. The fourth-order valence-electron chi connectivity index (χ4n) is 5.08. The zero-order valence-electron chi connectivity index (χ0n) is 21.8. The van der Waals surface area contributed by atoms with Crippen molar-refractivity contribution in [3.8, 4) is 11.1 Å². The largest absolute Gasteiger partial charge is 0.417 e. The van der Waals surface area contributed by atoms with Gasteiger partial charge < -0.3 is 20.5 Å². The lowest BCUT2D eigenvalue weighted by atomic mass is 10.0. The van der Waals surface area contributed by atoms with Gasteiger partial charge in [0.2, 0.25) is 11.5 Å². The highest BCUT2D eigenvalue weighted by atomic mass is 19.4. The predicted octanol–water partition coefficient (Wildman–Crippen LogP) is 3.87. The van der Waals surface area contributed by atoms with Crippen molar-refractivity contribution in [2.45, 2.75) is 38.5 Å². The van der Waals surface area contributed by atoms with Crippen molar-refractivity contribution in [2.75, 3.05) is 35.7 Å². The quantitative estimate of drug-likeness (QED) is 0.420. The summed E-state index contributed by atoms with van der Waals surface area (Å²) >= 11 is 0. The number of rotatable bonds is 4. The second kappa shape index (κ2) is 10.0. The number of carbonyl (C=O) groups is 2. The molecule has 2 aliphatic heterocycles. The molecule has 3 N–H and O–H groups in total. The van der Waals surface area contributed by atoms with Crippen LogP contribution in [-0.2, 0) is 17.4 Å². The third-order valence-corrected chi connectivity index (χ3v) is 7.39. The van der Waals surface area contributed by atoms with Gasteiger partial charge in [-0.05, 0) is 39.1 Å². The number of likely N-dealkylation sites (N-methyl/N-ethyl adjacent to an activating group) is 1. The van der Waals surface area contributed by atoms with Crippen LogP contribution in [0.3, 0.4) is 0 Å². The standard InChI is InChI=1S/C27H26F4N6O3/c1-13-11-37(12-14(2)36(13)3)22-8-20(28)17(16-4-15-5-24(39)35-25(15)33-9-16)6-21(22)34-26(40)18-10-32-23(38)7-19(18)27(29,30)31/h4,6-10,13-14H,5,11-12H2,1-3H3,(H,32,38)(H,34,40)(H,33,35,39)/t13-,14+. The van der Waals surface area contributed by atoms with Crippen molar-refractivity contribution in [1.82, 2.24) is 14.9 Å². The first-order valence-corrected chi connectivity index (χ1v) is 12.5. The molecule has 0 aliphatic carbocycles. The van der Waals surface area contributed by atoms with Crippen molar-refractivity contribution < 1.29 is 27.2 Å². The van der Waals surface area contributed by atoms with Gasteiger partial charge in [-0.3, -0.25) is 19.3 Å². The molecule has 1 aromatic carbocycles. The smallest absolute Gasteiger partial charge is 0.367 e. The number of carbonyl (C=O) groups excluding carboxylic acids is 2. The van der Waals surface area contributed by atoms with Gasteiger partial charge in [-0.1, -0.05) is 0 Å². The minimum absolute atomic E-state index is 0.0430. The summed E-state index contributed by atoms with van der Waals surface area (Å²) in [6.45, 7) is 4.94. The number of anilines is 3. The number of amides is 2. The number of fused-ring (bicyclic) bond motifs is 1. The first-order valence-electron chi connectivity index (χ1n) is 12.5. The molecule has 1 fully saturated rings. The molecule has 1 saturated heterocycles. The summed E-state index contributed by atoms with van der Waals surface area (Å²) in [6, 6.07) is 4.65. The molecule has 0 spiro atoms. The van der Waals surface area contributed by atoms with E-state index in [1.807, 2.05) is 25.8 Å². The molecule has 40 heavy (non-hydrogen) atoms. The van der Waals surface area contributed by atoms with Crippen LogP contribution in [0.5, 0.6) is 0 Å². The molecule has 0 radical (unpaired) electrons. The van der Waals surface area contributed by atoms with E-state index in [-0.39, 0.29) is 35.7 Å². The Morgan fingerprint density at radius 3 is 2.48 bits per heavy atom. The van der Waals surface area contributed by atoms with Crippen LogP contribution in [-0.4, -0.2) is 58.9 Å². The Labute approximate surface area is 226 Å². The van der Waals surface area contributed by atoms with Crippen LogP contribution < -0.4 is 21.1 Å². The number of nitrogens with one attached hydrogen (secondary N) is 3. The fraction of sp³-hybridized carbons (Fsp3) is 0.333. The van der Waals surface area contributed by atoms with Gasteiger partial charge in [0.15, 0.2) is 0 Å². The summed E-state index contributed by atoms with van der Waals surface area (Å²) in [5, 5.41) is 5.13. The maximum atomic E-state index is 15.6. The van der Waals surface area contributed by atoms with Crippen LogP contribution in [0.25, 0.3) is 11.1 Å². The lowest BCUT2D eigenvalue weighted by Gasteiger charge is -2.44. The van der Waals surface area contributed by atoms with Gasteiger partial charge in [0.25, 0.3) is 5.91 Å². The topological polar surface area (TPSA) is 110 Å². The third-order valence-electron chi connectivity index (χ3n) is 7.39. The summed E-state index contributed by atoms with van der Waals surface area (Å²) in [5.41, 5.74) is -1.86.